The number of carbonyl (C=O) groups excluding carboxylic acids is 1. The van der Waals surface area contributed by atoms with Gasteiger partial charge in [-0.05, 0) is 31.6 Å². The summed E-state index contributed by atoms with van der Waals surface area (Å²) >= 11 is 0. The van der Waals surface area contributed by atoms with E-state index in [9.17, 15) is 4.79 Å². The number of nitrogens with zero attached hydrogens (tertiary/aromatic N) is 2. The lowest BCUT2D eigenvalue weighted by Crippen LogP contribution is -2.23. The second kappa shape index (κ2) is 6.99. The van der Waals surface area contributed by atoms with Gasteiger partial charge in [0.05, 0.1) is 5.56 Å². The van der Waals surface area contributed by atoms with Gasteiger partial charge in [0.15, 0.2) is 0 Å². The molecule has 0 spiro atoms. The molecule has 0 aliphatic heterocycles. The molecule has 0 saturated heterocycles. The van der Waals surface area contributed by atoms with Crippen LogP contribution in [0.5, 0.6) is 0 Å². The average molecular weight is 283 g/mol. The molecule has 21 heavy (non-hydrogen) atoms. The summed E-state index contributed by atoms with van der Waals surface area (Å²) in [5.74, 6) is -0.0648. The number of carbonyl (C=O) groups is 1. The van der Waals surface area contributed by atoms with Crippen LogP contribution in [0.25, 0.3) is 11.1 Å². The van der Waals surface area contributed by atoms with E-state index in [2.05, 4.69) is 15.2 Å². The van der Waals surface area contributed by atoms with Gasteiger partial charge in [0, 0.05) is 31.5 Å². The molecule has 0 aliphatic carbocycles. The van der Waals surface area contributed by atoms with Crippen LogP contribution in [0.2, 0.25) is 0 Å². The monoisotopic (exact) mass is 283 g/mol. The molecule has 1 aromatic heterocycles. The number of aromatic nitrogens is 1. The number of hydrogen-bond donors (Lipinski definition) is 1. The van der Waals surface area contributed by atoms with Gasteiger partial charge in [-0.2, -0.15) is 0 Å². The van der Waals surface area contributed by atoms with E-state index in [0.29, 0.717) is 0 Å². The first-order valence-corrected chi connectivity index (χ1v) is 7.02. The average Bonchev–Trinajstić information content (AvgIpc) is 2.52. The van der Waals surface area contributed by atoms with E-state index in [1.807, 2.05) is 44.4 Å². The normalized spacial score (nSPS) is 10.7. The molecule has 2 aromatic rings. The molecule has 0 atom stereocenters. The van der Waals surface area contributed by atoms with Gasteiger partial charge < -0.3 is 10.2 Å². The van der Waals surface area contributed by atoms with Crippen LogP contribution in [0.3, 0.4) is 0 Å². The fraction of sp³-hybridized carbons (Fsp3) is 0.294. The quantitative estimate of drug-likeness (QED) is 0.915. The van der Waals surface area contributed by atoms with Gasteiger partial charge in [-0.1, -0.05) is 30.3 Å². The van der Waals surface area contributed by atoms with Gasteiger partial charge in [0.1, 0.15) is 0 Å². The van der Waals surface area contributed by atoms with Gasteiger partial charge in [-0.25, -0.2) is 0 Å². The molecule has 0 fully saturated rings. The maximum absolute atomic E-state index is 12.3. The van der Waals surface area contributed by atoms with Crippen molar-refractivity contribution >= 4 is 5.91 Å². The zero-order chi connectivity index (χ0) is 15.2. The van der Waals surface area contributed by atoms with Gasteiger partial charge in [-0.3, -0.25) is 9.78 Å². The van der Waals surface area contributed by atoms with Crippen molar-refractivity contribution in [2.24, 2.45) is 0 Å². The summed E-state index contributed by atoms with van der Waals surface area (Å²) in [6, 6.07) is 9.90. The Morgan fingerprint density at radius 3 is 2.52 bits per heavy atom. The van der Waals surface area contributed by atoms with E-state index < -0.39 is 0 Å². The predicted octanol–water partition coefficient (Wildman–Crippen LogP) is 2.21. The molecule has 1 N–H and O–H groups in total. The van der Waals surface area contributed by atoms with Crippen molar-refractivity contribution in [3.63, 3.8) is 0 Å². The van der Waals surface area contributed by atoms with Gasteiger partial charge in [-0.15, -0.1) is 0 Å². The van der Waals surface area contributed by atoms with Crippen LogP contribution in [0, 0.1) is 0 Å². The standard InChI is InChI=1S/C17H21N3O/c1-18-17(21)16-14(9-10-20(2)3)11-19-12-15(16)13-7-5-4-6-8-13/h4-8,11-12H,9-10H2,1-3H3,(H,18,21). The Balaban J connectivity index is 2.49. The lowest BCUT2D eigenvalue weighted by Gasteiger charge is -2.15. The van der Waals surface area contributed by atoms with E-state index in [4.69, 9.17) is 0 Å². The molecule has 0 unspecified atom stereocenters. The summed E-state index contributed by atoms with van der Waals surface area (Å²) in [5, 5.41) is 2.74. The summed E-state index contributed by atoms with van der Waals surface area (Å²) in [4.78, 5) is 18.7. The largest absolute Gasteiger partial charge is 0.355 e. The van der Waals surface area contributed by atoms with Crippen LogP contribution < -0.4 is 5.32 Å². The Morgan fingerprint density at radius 2 is 1.90 bits per heavy atom. The Labute approximate surface area is 125 Å². The molecule has 1 amide bonds. The minimum Gasteiger partial charge on any atom is -0.355 e. The highest BCUT2D eigenvalue weighted by Crippen LogP contribution is 2.25. The molecule has 0 radical (unpaired) electrons. The third kappa shape index (κ3) is 3.67. The minimum atomic E-state index is -0.0648. The number of pyridine rings is 1. The van der Waals surface area contributed by atoms with Gasteiger partial charge >= 0.3 is 0 Å². The molecule has 4 nitrogen and oxygen atoms in total. The lowest BCUT2D eigenvalue weighted by molar-refractivity contribution is 0.0962. The number of hydrogen-bond acceptors (Lipinski definition) is 3. The van der Waals surface area contributed by atoms with Gasteiger partial charge in [0.25, 0.3) is 5.91 Å². The molecule has 0 aliphatic rings. The Hall–Kier alpha value is -2.20. The molecule has 0 saturated carbocycles. The van der Waals surface area contributed by atoms with Crippen molar-refractivity contribution in [2.75, 3.05) is 27.7 Å². The maximum Gasteiger partial charge on any atom is 0.252 e. The molecular formula is C17H21N3O. The van der Waals surface area contributed by atoms with Crippen LogP contribution in [-0.2, 0) is 6.42 Å². The molecule has 1 aromatic carbocycles. The molecule has 0 bridgehead atoms. The summed E-state index contributed by atoms with van der Waals surface area (Å²) in [6.07, 6.45) is 4.35. The number of likely N-dealkylation sites (N-methyl/N-ethyl adjacent to an activating group) is 1. The maximum atomic E-state index is 12.3. The first-order chi connectivity index (χ1) is 10.1. The first kappa shape index (κ1) is 15.2. The first-order valence-electron chi connectivity index (χ1n) is 7.02. The van der Waals surface area contributed by atoms with Crippen LogP contribution in [0.15, 0.2) is 42.7 Å². The number of rotatable bonds is 5. The zero-order valence-electron chi connectivity index (χ0n) is 12.8. The van der Waals surface area contributed by atoms with E-state index in [-0.39, 0.29) is 5.91 Å². The molecule has 110 valence electrons. The number of amides is 1. The van der Waals surface area contributed by atoms with Crippen LogP contribution >= 0.6 is 0 Å². The SMILES string of the molecule is CNC(=O)c1c(CCN(C)C)cncc1-c1ccccc1. The highest BCUT2D eigenvalue weighted by Gasteiger charge is 2.17. The topological polar surface area (TPSA) is 45.2 Å². The number of benzene rings is 1. The third-order valence-corrected chi connectivity index (χ3v) is 3.39. The predicted molar refractivity (Wildman–Crippen MR) is 85.3 cm³/mol. The lowest BCUT2D eigenvalue weighted by atomic mass is 9.96. The smallest absolute Gasteiger partial charge is 0.252 e. The second-order valence-electron chi connectivity index (χ2n) is 5.22. The zero-order valence-corrected chi connectivity index (χ0v) is 12.8. The van der Waals surface area contributed by atoms with Crippen molar-refractivity contribution < 1.29 is 4.79 Å². The summed E-state index contributed by atoms with van der Waals surface area (Å²) in [5.41, 5.74) is 3.59. The summed E-state index contributed by atoms with van der Waals surface area (Å²) in [7, 11) is 5.70. The third-order valence-electron chi connectivity index (χ3n) is 3.39. The summed E-state index contributed by atoms with van der Waals surface area (Å²) in [6.45, 7) is 0.879. The van der Waals surface area contributed by atoms with Crippen molar-refractivity contribution in [3.8, 4) is 11.1 Å². The van der Waals surface area contributed by atoms with E-state index in [1.54, 1.807) is 19.4 Å². The molecule has 2 rings (SSSR count). The number of nitrogens with one attached hydrogen (secondary N) is 1. The van der Waals surface area contributed by atoms with E-state index in [0.717, 1.165) is 35.2 Å². The Kier molecular flexibility index (Phi) is 5.06. The van der Waals surface area contributed by atoms with Crippen LogP contribution in [-0.4, -0.2) is 43.5 Å². The van der Waals surface area contributed by atoms with Crippen LogP contribution in [0.1, 0.15) is 15.9 Å². The highest BCUT2D eigenvalue weighted by atomic mass is 16.1. The van der Waals surface area contributed by atoms with E-state index >= 15 is 0 Å². The van der Waals surface area contributed by atoms with Crippen LogP contribution in [0.4, 0.5) is 0 Å². The molecule has 1 heterocycles. The van der Waals surface area contributed by atoms with Crippen molar-refractivity contribution in [2.45, 2.75) is 6.42 Å². The molecular weight excluding hydrogens is 262 g/mol. The highest BCUT2D eigenvalue weighted by molar-refractivity contribution is 6.01. The second-order valence-corrected chi connectivity index (χ2v) is 5.22. The van der Waals surface area contributed by atoms with E-state index in [1.165, 1.54) is 0 Å². The van der Waals surface area contributed by atoms with Crippen molar-refractivity contribution in [1.82, 2.24) is 15.2 Å². The Bertz CT molecular complexity index is 609. The fourth-order valence-corrected chi connectivity index (χ4v) is 2.27. The van der Waals surface area contributed by atoms with Crippen molar-refractivity contribution in [3.05, 3.63) is 53.9 Å². The van der Waals surface area contributed by atoms with Crippen molar-refractivity contribution in [1.29, 1.82) is 0 Å². The fourth-order valence-electron chi connectivity index (χ4n) is 2.27. The summed E-state index contributed by atoms with van der Waals surface area (Å²) < 4.78 is 0. The van der Waals surface area contributed by atoms with Gasteiger partial charge in [0.2, 0.25) is 0 Å². The Morgan fingerprint density at radius 1 is 1.19 bits per heavy atom. The molecule has 4 heteroatoms. The minimum absolute atomic E-state index is 0.0648.